The Morgan fingerprint density at radius 1 is 1.11 bits per heavy atom. The van der Waals surface area contributed by atoms with Crippen molar-refractivity contribution >= 4 is 34.6 Å². The van der Waals surface area contributed by atoms with Gasteiger partial charge in [0.15, 0.2) is 0 Å². The molecule has 1 saturated carbocycles. The Bertz CT molecular complexity index is 1390. The highest BCUT2D eigenvalue weighted by Gasteiger charge is 2.37. The van der Waals surface area contributed by atoms with Crippen LogP contribution in [0.3, 0.4) is 0 Å². The molecule has 200 valence electrons. The van der Waals surface area contributed by atoms with E-state index in [0.29, 0.717) is 16.9 Å². The van der Waals surface area contributed by atoms with Crippen molar-refractivity contribution in [2.75, 3.05) is 5.75 Å². The van der Waals surface area contributed by atoms with Gasteiger partial charge in [-0.2, -0.15) is 11.8 Å². The molecule has 1 amide bonds. The van der Waals surface area contributed by atoms with Crippen LogP contribution in [0.4, 0.5) is 0 Å². The maximum atomic E-state index is 12.9. The highest BCUT2D eigenvalue weighted by atomic mass is 32.2. The monoisotopic (exact) mass is 535 g/mol. The highest BCUT2D eigenvalue weighted by molar-refractivity contribution is 7.98. The molecule has 1 spiro atoms. The number of carbonyl (C=O) groups is 2. The third-order valence-electron chi connectivity index (χ3n) is 7.78. The molecule has 1 unspecified atom stereocenters. The summed E-state index contributed by atoms with van der Waals surface area (Å²) in [6, 6.07) is 12.5. The molecule has 1 aliphatic heterocycles. The molecule has 38 heavy (non-hydrogen) atoms. The van der Waals surface area contributed by atoms with Gasteiger partial charge in [0.05, 0.1) is 12.0 Å². The minimum atomic E-state index is -1.11. The smallest absolute Gasteiger partial charge is 0.340 e. The molecule has 0 saturated heterocycles. The van der Waals surface area contributed by atoms with Gasteiger partial charge in [-0.15, -0.1) is 0 Å². The molecule has 1 fully saturated rings. The normalized spacial score (nSPS) is 17.0. The molecule has 1 atom stereocenters. The summed E-state index contributed by atoms with van der Waals surface area (Å²) in [4.78, 5) is 37.5. The Morgan fingerprint density at radius 2 is 1.87 bits per heavy atom. The van der Waals surface area contributed by atoms with E-state index in [1.165, 1.54) is 31.0 Å². The van der Waals surface area contributed by atoms with Crippen LogP contribution in [0.1, 0.15) is 60.8 Å². The summed E-state index contributed by atoms with van der Waals surface area (Å²) in [5.74, 6) is 0.0188. The molecule has 2 aromatic carbocycles. The minimum Gasteiger partial charge on any atom is -0.487 e. The van der Waals surface area contributed by atoms with Crippen molar-refractivity contribution in [3.05, 3.63) is 75.1 Å². The van der Waals surface area contributed by atoms with Gasteiger partial charge in [0.25, 0.3) is 0 Å². The molecule has 3 aromatic rings. The third-order valence-corrected chi connectivity index (χ3v) is 8.88. The Balaban J connectivity index is 1.29. The summed E-state index contributed by atoms with van der Waals surface area (Å²) >= 11 is 1.43. The number of thioether (sulfide) groups is 1. The lowest BCUT2D eigenvalue weighted by Crippen LogP contribution is -2.43. The lowest BCUT2D eigenvalue weighted by molar-refractivity contribution is -0.141. The van der Waals surface area contributed by atoms with Crippen LogP contribution in [-0.2, 0) is 28.2 Å². The Labute approximate surface area is 226 Å². The van der Waals surface area contributed by atoms with Gasteiger partial charge in [-0.1, -0.05) is 36.8 Å². The summed E-state index contributed by atoms with van der Waals surface area (Å²) in [5, 5.41) is 13.0. The van der Waals surface area contributed by atoms with Gasteiger partial charge in [-0.3, -0.25) is 4.79 Å². The maximum Gasteiger partial charge on any atom is 0.340 e. The van der Waals surface area contributed by atoms with E-state index >= 15 is 0 Å². The Kier molecular flexibility index (Phi) is 7.79. The van der Waals surface area contributed by atoms with Gasteiger partial charge in [0.1, 0.15) is 23.0 Å². The number of hydrogen-bond acceptors (Lipinski definition) is 6. The van der Waals surface area contributed by atoms with Crippen LogP contribution in [0.5, 0.6) is 5.75 Å². The first-order chi connectivity index (χ1) is 18.3. The average molecular weight is 536 g/mol. The van der Waals surface area contributed by atoms with Crippen molar-refractivity contribution in [3.63, 3.8) is 0 Å². The van der Waals surface area contributed by atoms with E-state index in [9.17, 15) is 19.5 Å². The van der Waals surface area contributed by atoms with E-state index in [-0.39, 0.29) is 23.3 Å². The quantitative estimate of drug-likeness (QED) is 0.383. The van der Waals surface area contributed by atoms with Crippen LogP contribution in [-0.4, -0.2) is 34.4 Å². The zero-order valence-corrected chi connectivity index (χ0v) is 22.4. The fourth-order valence-electron chi connectivity index (χ4n) is 5.60. The van der Waals surface area contributed by atoms with Gasteiger partial charge >= 0.3 is 11.6 Å². The number of benzene rings is 2. The molecule has 8 heteroatoms. The van der Waals surface area contributed by atoms with Crippen molar-refractivity contribution in [3.8, 4) is 5.75 Å². The molecule has 0 bridgehead atoms. The minimum absolute atomic E-state index is 0.105. The lowest BCUT2D eigenvalue weighted by atomic mass is 9.79. The van der Waals surface area contributed by atoms with Crippen LogP contribution in [0.2, 0.25) is 0 Å². The van der Waals surface area contributed by atoms with Crippen molar-refractivity contribution in [2.45, 2.75) is 75.7 Å². The first kappa shape index (κ1) is 26.4. The zero-order valence-electron chi connectivity index (χ0n) is 21.6. The van der Waals surface area contributed by atoms with E-state index in [2.05, 4.69) is 5.32 Å². The highest BCUT2D eigenvalue weighted by Crippen LogP contribution is 2.43. The second-order valence-corrected chi connectivity index (χ2v) is 11.5. The molecule has 7 nitrogen and oxygen atoms in total. The number of fused-ring (bicyclic) bond motifs is 2. The number of carboxylic acid groups (broad SMARTS) is 1. The SMILES string of the molecule is Cc1c(CC(=O)NC(CSCc2ccccc2)C(=O)O)c(=O)oc2cc3c(cc12)CCC1(CCCCC1)O3. The molecule has 2 aliphatic rings. The summed E-state index contributed by atoms with van der Waals surface area (Å²) in [7, 11) is 0. The van der Waals surface area contributed by atoms with Crippen LogP contribution >= 0.6 is 11.8 Å². The van der Waals surface area contributed by atoms with Crippen molar-refractivity contribution in [1.82, 2.24) is 5.32 Å². The lowest BCUT2D eigenvalue weighted by Gasteiger charge is -2.41. The number of aliphatic carboxylic acids is 1. The van der Waals surface area contributed by atoms with E-state index < -0.39 is 23.5 Å². The fourth-order valence-corrected chi connectivity index (χ4v) is 6.61. The standard InChI is InChI=1S/C30H33NO6S/c1-19-22-14-21-10-13-30(11-6-3-7-12-30)37-25(21)16-26(22)36-29(35)23(19)15-27(32)31-24(28(33)34)18-38-17-20-8-4-2-5-9-20/h2,4-5,8-9,14,16,24H,3,6-7,10-13,15,17-18H2,1H3,(H,31,32)(H,33,34). The van der Waals surface area contributed by atoms with Crippen molar-refractivity contribution in [2.24, 2.45) is 0 Å². The van der Waals surface area contributed by atoms with Crippen LogP contribution < -0.4 is 15.7 Å². The number of ether oxygens (including phenoxy) is 1. The molecule has 2 heterocycles. The van der Waals surface area contributed by atoms with Gasteiger partial charge in [0, 0.05) is 23.0 Å². The number of rotatable bonds is 8. The number of aryl methyl sites for hydroxylation is 2. The molecule has 5 rings (SSSR count). The second-order valence-electron chi connectivity index (χ2n) is 10.4. The van der Waals surface area contributed by atoms with E-state index in [1.54, 1.807) is 0 Å². The van der Waals surface area contributed by atoms with Crippen molar-refractivity contribution < 1.29 is 23.8 Å². The topological polar surface area (TPSA) is 106 Å². The number of hydrogen-bond donors (Lipinski definition) is 2. The van der Waals surface area contributed by atoms with E-state index in [0.717, 1.165) is 47.9 Å². The molecular formula is C30H33NO6S. The zero-order chi connectivity index (χ0) is 26.7. The summed E-state index contributed by atoms with van der Waals surface area (Å²) in [6.45, 7) is 1.81. The summed E-state index contributed by atoms with van der Waals surface area (Å²) in [6.07, 6.45) is 7.37. The fraction of sp³-hybridized carbons (Fsp3) is 0.433. The predicted molar refractivity (Wildman–Crippen MR) is 148 cm³/mol. The van der Waals surface area contributed by atoms with Gasteiger partial charge < -0.3 is 19.6 Å². The number of amides is 1. The average Bonchev–Trinajstić information content (AvgIpc) is 2.90. The second kappa shape index (κ2) is 11.2. The molecule has 1 aromatic heterocycles. The van der Waals surface area contributed by atoms with Gasteiger partial charge in [0.2, 0.25) is 5.91 Å². The first-order valence-corrected chi connectivity index (χ1v) is 14.4. The molecule has 2 N–H and O–H groups in total. The number of carboxylic acids is 1. The van der Waals surface area contributed by atoms with Gasteiger partial charge in [-0.05, 0) is 68.2 Å². The molecular weight excluding hydrogens is 502 g/mol. The third kappa shape index (κ3) is 5.75. The van der Waals surface area contributed by atoms with Crippen LogP contribution in [0.15, 0.2) is 51.7 Å². The summed E-state index contributed by atoms with van der Waals surface area (Å²) in [5.41, 5.74) is 2.85. The predicted octanol–water partition coefficient (Wildman–Crippen LogP) is 5.17. The largest absolute Gasteiger partial charge is 0.487 e. The number of nitrogens with one attached hydrogen (secondary N) is 1. The van der Waals surface area contributed by atoms with Crippen LogP contribution in [0.25, 0.3) is 11.0 Å². The van der Waals surface area contributed by atoms with Gasteiger partial charge in [-0.25, -0.2) is 9.59 Å². The molecule has 0 radical (unpaired) electrons. The Hall–Kier alpha value is -3.26. The summed E-state index contributed by atoms with van der Waals surface area (Å²) < 4.78 is 12.1. The number of carbonyl (C=O) groups excluding carboxylic acids is 1. The Morgan fingerprint density at radius 3 is 2.61 bits per heavy atom. The maximum absolute atomic E-state index is 12.9. The first-order valence-electron chi connectivity index (χ1n) is 13.3. The van der Waals surface area contributed by atoms with E-state index in [4.69, 9.17) is 9.15 Å². The molecule has 1 aliphatic carbocycles. The van der Waals surface area contributed by atoms with Crippen LogP contribution in [0, 0.1) is 6.92 Å². The van der Waals surface area contributed by atoms with E-state index in [1.807, 2.05) is 49.4 Å². The van der Waals surface area contributed by atoms with Crippen molar-refractivity contribution in [1.29, 1.82) is 0 Å².